The lowest BCUT2D eigenvalue weighted by Crippen LogP contribution is -2.26. The van der Waals surface area contributed by atoms with Crippen molar-refractivity contribution in [1.29, 1.82) is 5.26 Å². The molecule has 0 unspecified atom stereocenters. The molecule has 0 bridgehead atoms. The van der Waals surface area contributed by atoms with Gasteiger partial charge < -0.3 is 9.73 Å². The Morgan fingerprint density at radius 3 is 2.92 bits per heavy atom. The molecule has 1 aromatic carbocycles. The summed E-state index contributed by atoms with van der Waals surface area (Å²) in [5.74, 6) is 2.14. The maximum Gasteiger partial charge on any atom is 0.287 e. The minimum absolute atomic E-state index is 0.0678. The second-order valence-electron chi connectivity index (χ2n) is 6.21. The highest BCUT2D eigenvalue weighted by Crippen LogP contribution is 2.29. The number of fused-ring (bicyclic) bond motifs is 1. The second-order valence-corrected chi connectivity index (χ2v) is 7.31. The predicted octanol–water partition coefficient (Wildman–Crippen LogP) is 3.64. The molecule has 0 fully saturated rings. The van der Waals surface area contributed by atoms with Gasteiger partial charge in [-0.25, -0.2) is 0 Å². The summed E-state index contributed by atoms with van der Waals surface area (Å²) in [4.78, 5) is 24.4. The van der Waals surface area contributed by atoms with Gasteiger partial charge in [-0.1, -0.05) is 18.2 Å². The van der Waals surface area contributed by atoms with Gasteiger partial charge in [0.2, 0.25) is 0 Å². The second kappa shape index (κ2) is 8.24. The molecular formula is C20H20N2O3S. The molecule has 1 heterocycles. The monoisotopic (exact) mass is 368 g/mol. The number of nitrogens with one attached hydrogen (secondary N) is 1. The van der Waals surface area contributed by atoms with Gasteiger partial charge in [0, 0.05) is 36.5 Å². The van der Waals surface area contributed by atoms with Crippen LogP contribution in [0, 0.1) is 18.3 Å². The van der Waals surface area contributed by atoms with Crippen LogP contribution in [0.4, 0.5) is 0 Å². The fourth-order valence-corrected chi connectivity index (χ4v) is 3.98. The van der Waals surface area contributed by atoms with Crippen LogP contribution in [0.1, 0.15) is 56.2 Å². The highest BCUT2D eigenvalue weighted by molar-refractivity contribution is 7.98. The van der Waals surface area contributed by atoms with E-state index in [-0.39, 0.29) is 17.5 Å². The first-order chi connectivity index (χ1) is 12.6. The zero-order valence-corrected chi connectivity index (χ0v) is 15.4. The SMILES string of the molecule is Cc1c(C(=O)NCCSCc2ccccc2C#N)oc2c1C(=O)CCC2. The van der Waals surface area contributed by atoms with Gasteiger partial charge in [0.15, 0.2) is 11.5 Å². The minimum atomic E-state index is -0.275. The third-order valence-electron chi connectivity index (χ3n) is 4.44. The van der Waals surface area contributed by atoms with Crippen molar-refractivity contribution in [2.45, 2.75) is 31.9 Å². The van der Waals surface area contributed by atoms with Crippen LogP contribution in [0.15, 0.2) is 28.7 Å². The summed E-state index contributed by atoms with van der Waals surface area (Å²) in [5.41, 5.74) is 2.94. The summed E-state index contributed by atoms with van der Waals surface area (Å²) in [6.07, 6.45) is 2.01. The molecule has 26 heavy (non-hydrogen) atoms. The molecule has 1 N–H and O–H groups in total. The highest BCUT2D eigenvalue weighted by Gasteiger charge is 2.28. The number of hydrogen-bond donors (Lipinski definition) is 1. The molecule has 5 nitrogen and oxygen atoms in total. The number of rotatable bonds is 6. The zero-order chi connectivity index (χ0) is 18.5. The standard InChI is InChI=1S/C20H20N2O3S/c1-13-18-16(23)7-4-8-17(18)25-19(13)20(24)22-9-10-26-12-15-6-3-2-5-14(15)11-21/h2-3,5-6H,4,7-10,12H2,1H3,(H,22,24). The molecular weight excluding hydrogens is 348 g/mol. The van der Waals surface area contributed by atoms with Gasteiger partial charge in [0.05, 0.1) is 17.2 Å². The minimum Gasteiger partial charge on any atom is -0.455 e. The first kappa shape index (κ1) is 18.3. The Morgan fingerprint density at radius 1 is 1.35 bits per heavy atom. The van der Waals surface area contributed by atoms with Gasteiger partial charge >= 0.3 is 0 Å². The Kier molecular flexibility index (Phi) is 5.79. The van der Waals surface area contributed by atoms with Crippen molar-refractivity contribution < 1.29 is 14.0 Å². The molecule has 0 radical (unpaired) electrons. The fourth-order valence-electron chi connectivity index (χ4n) is 3.12. The maximum absolute atomic E-state index is 12.4. The van der Waals surface area contributed by atoms with Crippen molar-refractivity contribution in [3.8, 4) is 6.07 Å². The van der Waals surface area contributed by atoms with Gasteiger partial charge in [-0.3, -0.25) is 9.59 Å². The number of ketones is 1. The topological polar surface area (TPSA) is 83.1 Å². The van der Waals surface area contributed by atoms with Crippen molar-refractivity contribution in [2.24, 2.45) is 0 Å². The molecule has 0 atom stereocenters. The molecule has 2 aromatic rings. The van der Waals surface area contributed by atoms with Crippen molar-refractivity contribution in [1.82, 2.24) is 5.32 Å². The number of Topliss-reactive ketones (excluding diaryl/α,β-unsaturated/α-hetero) is 1. The van der Waals surface area contributed by atoms with Crippen LogP contribution >= 0.6 is 11.8 Å². The van der Waals surface area contributed by atoms with E-state index in [1.165, 1.54) is 0 Å². The van der Waals surface area contributed by atoms with Crippen LogP contribution in [-0.4, -0.2) is 24.0 Å². The summed E-state index contributed by atoms with van der Waals surface area (Å²) in [6, 6.07) is 9.70. The smallest absolute Gasteiger partial charge is 0.287 e. The van der Waals surface area contributed by atoms with Crippen LogP contribution < -0.4 is 5.32 Å². The summed E-state index contributed by atoms with van der Waals surface area (Å²) >= 11 is 1.65. The largest absolute Gasteiger partial charge is 0.455 e. The van der Waals surface area contributed by atoms with Gasteiger partial charge in [0.25, 0.3) is 5.91 Å². The van der Waals surface area contributed by atoms with Crippen molar-refractivity contribution in [3.05, 3.63) is 58.0 Å². The Hall–Kier alpha value is -2.52. The first-order valence-corrected chi connectivity index (χ1v) is 9.76. The Labute approximate surface area is 156 Å². The number of furan rings is 1. The molecule has 1 amide bonds. The third-order valence-corrected chi connectivity index (χ3v) is 5.45. The van der Waals surface area contributed by atoms with Crippen molar-refractivity contribution in [3.63, 3.8) is 0 Å². The molecule has 0 spiro atoms. The summed E-state index contributed by atoms with van der Waals surface area (Å²) in [6.45, 7) is 2.27. The van der Waals surface area contributed by atoms with Crippen LogP contribution in [0.25, 0.3) is 0 Å². The van der Waals surface area contributed by atoms with Gasteiger partial charge in [-0.15, -0.1) is 0 Å². The summed E-state index contributed by atoms with van der Waals surface area (Å²) in [7, 11) is 0. The number of hydrogen-bond acceptors (Lipinski definition) is 5. The number of benzene rings is 1. The lowest BCUT2D eigenvalue weighted by molar-refractivity contribution is 0.0922. The maximum atomic E-state index is 12.4. The van der Waals surface area contributed by atoms with E-state index in [0.717, 1.165) is 23.5 Å². The van der Waals surface area contributed by atoms with E-state index >= 15 is 0 Å². The average molecular weight is 368 g/mol. The van der Waals surface area contributed by atoms with Gasteiger partial charge in [-0.2, -0.15) is 17.0 Å². The quantitative estimate of drug-likeness (QED) is 0.787. The molecule has 0 saturated carbocycles. The number of nitriles is 1. The summed E-state index contributed by atoms with van der Waals surface area (Å²) < 4.78 is 5.65. The number of carbonyl (C=O) groups excluding carboxylic acids is 2. The van der Waals surface area contributed by atoms with Crippen LogP contribution in [0.2, 0.25) is 0 Å². The van der Waals surface area contributed by atoms with Crippen LogP contribution in [-0.2, 0) is 12.2 Å². The third kappa shape index (κ3) is 3.83. The number of carbonyl (C=O) groups is 2. The Balaban J connectivity index is 1.51. The number of amides is 1. The molecule has 0 saturated heterocycles. The molecule has 1 aliphatic carbocycles. The van der Waals surface area contributed by atoms with Crippen LogP contribution in [0.5, 0.6) is 0 Å². The Bertz CT molecular complexity index is 880. The fraction of sp³-hybridized carbons (Fsp3) is 0.350. The lowest BCUT2D eigenvalue weighted by atomic mass is 9.94. The van der Waals surface area contributed by atoms with E-state index in [1.54, 1.807) is 24.8 Å². The predicted molar refractivity (Wildman–Crippen MR) is 100 cm³/mol. The van der Waals surface area contributed by atoms with E-state index in [1.807, 2.05) is 18.2 Å². The van der Waals surface area contributed by atoms with Crippen molar-refractivity contribution >= 4 is 23.5 Å². The van der Waals surface area contributed by atoms with E-state index in [4.69, 9.17) is 9.68 Å². The molecule has 0 aliphatic heterocycles. The number of aryl methyl sites for hydroxylation is 1. The number of thioether (sulfide) groups is 1. The van der Waals surface area contributed by atoms with Crippen molar-refractivity contribution in [2.75, 3.05) is 12.3 Å². The zero-order valence-electron chi connectivity index (χ0n) is 14.6. The van der Waals surface area contributed by atoms with Gasteiger partial charge in [-0.05, 0) is 25.0 Å². The van der Waals surface area contributed by atoms with E-state index < -0.39 is 0 Å². The summed E-state index contributed by atoms with van der Waals surface area (Å²) in [5, 5.41) is 11.9. The molecule has 3 rings (SSSR count). The molecule has 134 valence electrons. The van der Waals surface area contributed by atoms with Gasteiger partial charge in [0.1, 0.15) is 5.76 Å². The normalized spacial score (nSPS) is 13.2. The van der Waals surface area contributed by atoms with E-state index in [2.05, 4.69) is 11.4 Å². The highest BCUT2D eigenvalue weighted by atomic mass is 32.2. The Morgan fingerprint density at radius 2 is 2.15 bits per heavy atom. The molecule has 6 heteroatoms. The van der Waals surface area contributed by atoms with E-state index in [9.17, 15) is 9.59 Å². The molecule has 1 aromatic heterocycles. The van der Waals surface area contributed by atoms with Crippen LogP contribution in [0.3, 0.4) is 0 Å². The van der Waals surface area contributed by atoms with E-state index in [0.29, 0.717) is 41.8 Å². The average Bonchev–Trinajstić information content (AvgIpc) is 2.99. The number of nitrogens with zero attached hydrogens (tertiary/aromatic N) is 1. The first-order valence-electron chi connectivity index (χ1n) is 8.61. The molecule has 1 aliphatic rings. The lowest BCUT2D eigenvalue weighted by Gasteiger charge is -2.07.